The summed E-state index contributed by atoms with van der Waals surface area (Å²) in [5, 5.41) is 12.7. The lowest BCUT2D eigenvalue weighted by Gasteiger charge is -2.17. The molecule has 0 aromatic heterocycles. The maximum absolute atomic E-state index is 11.7. The second kappa shape index (κ2) is 20.5. The van der Waals surface area contributed by atoms with Gasteiger partial charge in [-0.3, -0.25) is 4.79 Å². The summed E-state index contributed by atoms with van der Waals surface area (Å²) < 4.78 is 5.05. The molecule has 0 aliphatic heterocycles. The summed E-state index contributed by atoms with van der Waals surface area (Å²) >= 11 is 0. The SMILES string of the molecule is CC=C/C=C(C(=CCCCCC(=O)OCC)CCC)\C(=C/CC)N=C(CCC(C)C)Nc1ccc(C(=O)O)cc1. The molecule has 220 valence electrons. The molecule has 0 fully saturated rings. The Morgan fingerprint density at radius 3 is 2.33 bits per heavy atom. The molecule has 0 aliphatic rings. The monoisotopic (exact) mass is 550 g/mol. The third-order valence-corrected chi connectivity index (χ3v) is 6.16. The van der Waals surface area contributed by atoms with E-state index in [4.69, 9.17) is 9.73 Å². The molecule has 0 bridgehead atoms. The van der Waals surface area contributed by atoms with Crippen molar-refractivity contribution in [1.82, 2.24) is 0 Å². The van der Waals surface area contributed by atoms with Crippen molar-refractivity contribution in [3.63, 3.8) is 0 Å². The number of nitrogens with one attached hydrogen (secondary N) is 1. The van der Waals surface area contributed by atoms with E-state index in [2.05, 4.69) is 57.3 Å². The van der Waals surface area contributed by atoms with Crippen LogP contribution in [0, 0.1) is 5.92 Å². The highest BCUT2D eigenvalue weighted by molar-refractivity contribution is 5.97. The third kappa shape index (κ3) is 14.1. The number of hydrogen-bond donors (Lipinski definition) is 2. The number of carboxylic acid groups (broad SMARTS) is 1. The van der Waals surface area contributed by atoms with Crippen LogP contribution < -0.4 is 5.32 Å². The molecule has 0 atom stereocenters. The first-order valence-corrected chi connectivity index (χ1v) is 14.8. The summed E-state index contributed by atoms with van der Waals surface area (Å²) in [5.41, 5.74) is 4.37. The number of unbranched alkanes of at least 4 members (excludes halogenated alkanes) is 2. The zero-order valence-electron chi connectivity index (χ0n) is 25.5. The number of esters is 1. The van der Waals surface area contributed by atoms with E-state index in [0.717, 1.165) is 74.2 Å². The van der Waals surface area contributed by atoms with Crippen LogP contribution in [0.25, 0.3) is 0 Å². The minimum atomic E-state index is -0.941. The van der Waals surface area contributed by atoms with Gasteiger partial charge in [0.15, 0.2) is 0 Å². The number of nitrogens with zero attached hydrogens (tertiary/aromatic N) is 1. The Bertz CT molecular complexity index is 1060. The van der Waals surface area contributed by atoms with Gasteiger partial charge in [0.25, 0.3) is 0 Å². The van der Waals surface area contributed by atoms with E-state index in [1.807, 2.05) is 19.9 Å². The summed E-state index contributed by atoms with van der Waals surface area (Å²) in [6.07, 6.45) is 18.3. The first kappa shape index (κ1) is 34.6. The number of aliphatic imine (C=N–C) groups is 1. The van der Waals surface area contributed by atoms with Crippen molar-refractivity contribution in [3.05, 3.63) is 77.1 Å². The van der Waals surface area contributed by atoms with E-state index < -0.39 is 5.97 Å². The van der Waals surface area contributed by atoms with Gasteiger partial charge in [0.05, 0.1) is 17.9 Å². The van der Waals surface area contributed by atoms with Crippen LogP contribution in [0.2, 0.25) is 0 Å². The molecule has 40 heavy (non-hydrogen) atoms. The zero-order valence-corrected chi connectivity index (χ0v) is 25.5. The largest absolute Gasteiger partial charge is 0.478 e. The van der Waals surface area contributed by atoms with Gasteiger partial charge in [-0.25, -0.2) is 9.79 Å². The maximum Gasteiger partial charge on any atom is 0.335 e. The predicted octanol–water partition coefficient (Wildman–Crippen LogP) is 9.28. The van der Waals surface area contributed by atoms with Gasteiger partial charge in [-0.1, -0.05) is 64.5 Å². The molecule has 0 saturated heterocycles. The summed E-state index contributed by atoms with van der Waals surface area (Å²) in [6, 6.07) is 6.78. The quantitative estimate of drug-likeness (QED) is 0.0625. The molecule has 0 amide bonds. The maximum atomic E-state index is 11.7. The van der Waals surface area contributed by atoms with E-state index in [1.54, 1.807) is 24.3 Å². The molecule has 0 saturated carbocycles. The first-order valence-electron chi connectivity index (χ1n) is 14.8. The summed E-state index contributed by atoms with van der Waals surface area (Å²) in [4.78, 5) is 28.2. The second-order valence-electron chi connectivity index (χ2n) is 10.1. The number of rotatable bonds is 18. The number of carbonyl (C=O) groups is 2. The molecule has 0 radical (unpaired) electrons. The Labute approximate surface area is 242 Å². The van der Waals surface area contributed by atoms with Crippen LogP contribution in [0.3, 0.4) is 0 Å². The van der Waals surface area contributed by atoms with Gasteiger partial charge in [-0.15, -0.1) is 0 Å². The van der Waals surface area contributed by atoms with Crippen molar-refractivity contribution in [2.24, 2.45) is 10.9 Å². The number of anilines is 1. The number of aromatic carboxylic acids is 1. The lowest BCUT2D eigenvalue weighted by atomic mass is 9.95. The fraction of sp³-hybridized carbons (Fsp3) is 0.500. The molecule has 6 heteroatoms. The van der Waals surface area contributed by atoms with Gasteiger partial charge in [-0.05, 0) is 88.1 Å². The van der Waals surface area contributed by atoms with Gasteiger partial charge in [-0.2, -0.15) is 0 Å². The Hall–Kier alpha value is -3.41. The topological polar surface area (TPSA) is 88.0 Å². The number of allylic oxidation sites excluding steroid dienone is 6. The van der Waals surface area contributed by atoms with Crippen LogP contribution in [0.15, 0.2) is 76.5 Å². The van der Waals surface area contributed by atoms with Crippen molar-refractivity contribution < 1.29 is 19.4 Å². The first-order chi connectivity index (χ1) is 19.2. The average molecular weight is 551 g/mol. The van der Waals surface area contributed by atoms with Crippen molar-refractivity contribution in [1.29, 1.82) is 0 Å². The number of carboxylic acids is 1. The van der Waals surface area contributed by atoms with Crippen molar-refractivity contribution in [2.45, 2.75) is 99.3 Å². The predicted molar refractivity (Wildman–Crippen MR) is 168 cm³/mol. The van der Waals surface area contributed by atoms with Gasteiger partial charge >= 0.3 is 11.9 Å². The number of hydrogen-bond acceptors (Lipinski definition) is 4. The van der Waals surface area contributed by atoms with Gasteiger partial charge < -0.3 is 15.2 Å². The zero-order chi connectivity index (χ0) is 29.8. The highest BCUT2D eigenvalue weighted by Gasteiger charge is 2.13. The fourth-order valence-corrected chi connectivity index (χ4v) is 4.08. The van der Waals surface area contributed by atoms with Crippen LogP contribution in [-0.4, -0.2) is 29.5 Å². The molecule has 0 heterocycles. The molecule has 1 aromatic rings. The molecule has 1 rings (SSSR count). The highest BCUT2D eigenvalue weighted by atomic mass is 16.5. The van der Waals surface area contributed by atoms with Crippen molar-refractivity contribution in [3.8, 4) is 0 Å². The molecule has 0 spiro atoms. The Morgan fingerprint density at radius 2 is 1.75 bits per heavy atom. The number of carbonyl (C=O) groups excluding carboxylic acids is 1. The molecule has 0 aliphatic carbocycles. The van der Waals surface area contributed by atoms with Crippen LogP contribution in [0.1, 0.15) is 110 Å². The molecular weight excluding hydrogens is 500 g/mol. The smallest absolute Gasteiger partial charge is 0.335 e. The van der Waals surface area contributed by atoms with Gasteiger partial charge in [0.1, 0.15) is 5.84 Å². The van der Waals surface area contributed by atoms with Crippen LogP contribution in [-0.2, 0) is 9.53 Å². The summed E-state index contributed by atoms with van der Waals surface area (Å²) in [5.74, 6) is 0.301. The van der Waals surface area contributed by atoms with Crippen molar-refractivity contribution >= 4 is 23.5 Å². The number of ether oxygens (including phenoxy) is 1. The average Bonchev–Trinajstić information content (AvgIpc) is 2.92. The minimum absolute atomic E-state index is 0.129. The third-order valence-electron chi connectivity index (χ3n) is 6.16. The summed E-state index contributed by atoms with van der Waals surface area (Å²) in [7, 11) is 0. The van der Waals surface area contributed by atoms with Crippen LogP contribution in [0.5, 0.6) is 0 Å². The van der Waals surface area contributed by atoms with E-state index >= 15 is 0 Å². The summed E-state index contributed by atoms with van der Waals surface area (Å²) in [6.45, 7) is 13.0. The van der Waals surface area contributed by atoms with E-state index in [0.29, 0.717) is 18.9 Å². The number of amidine groups is 1. The molecule has 1 aromatic carbocycles. The molecule has 0 unspecified atom stereocenters. The lowest BCUT2D eigenvalue weighted by Crippen LogP contribution is -2.14. The lowest BCUT2D eigenvalue weighted by molar-refractivity contribution is -0.143. The Kier molecular flexibility index (Phi) is 17.7. The van der Waals surface area contributed by atoms with Crippen molar-refractivity contribution in [2.75, 3.05) is 11.9 Å². The molecule has 2 N–H and O–H groups in total. The minimum Gasteiger partial charge on any atom is -0.478 e. The van der Waals surface area contributed by atoms with Gasteiger partial charge in [0.2, 0.25) is 0 Å². The van der Waals surface area contributed by atoms with E-state index in [9.17, 15) is 14.7 Å². The molecular formula is C34H50N2O4. The van der Waals surface area contributed by atoms with E-state index in [1.165, 1.54) is 5.57 Å². The van der Waals surface area contributed by atoms with Crippen LogP contribution >= 0.6 is 0 Å². The highest BCUT2D eigenvalue weighted by Crippen LogP contribution is 2.27. The van der Waals surface area contributed by atoms with Crippen LogP contribution in [0.4, 0.5) is 5.69 Å². The number of benzene rings is 1. The Balaban J connectivity index is 3.36. The normalized spacial score (nSPS) is 13.3. The van der Waals surface area contributed by atoms with Gasteiger partial charge in [0, 0.05) is 24.1 Å². The molecule has 6 nitrogen and oxygen atoms in total. The Morgan fingerprint density at radius 1 is 1.02 bits per heavy atom. The fourth-order valence-electron chi connectivity index (χ4n) is 4.08. The standard InChI is InChI=1S/C34H50N2O4/c1-7-11-18-30(27(15-8-2)17-13-12-14-19-33(37)40-10-4)31(16-9-3)36-32(25-20-26(5)6)35-29-23-21-28(22-24-29)34(38)39/h7,11,16-18,21-24,26H,8-10,12-15,19-20,25H2,1-6H3,(H,35,36)(H,38,39)/b11-7?,27-17?,30-18-,31-16+. The second-order valence-corrected chi connectivity index (χ2v) is 10.1. The van der Waals surface area contributed by atoms with E-state index in [-0.39, 0.29) is 11.5 Å².